The lowest BCUT2D eigenvalue weighted by atomic mass is 9.99. The lowest BCUT2D eigenvalue weighted by Crippen LogP contribution is -2.17. The Hall–Kier alpha value is -0.770. The standard InChI is InChI=1S/C8H16O4/c1-8(2,3)5-11-6-12-7(9)10-4/h5-6H2,1-4H3. The van der Waals surface area contributed by atoms with Crippen molar-refractivity contribution < 1.29 is 19.0 Å². The van der Waals surface area contributed by atoms with E-state index in [1.54, 1.807) is 0 Å². The molecule has 0 saturated carbocycles. The molecule has 0 bridgehead atoms. The van der Waals surface area contributed by atoms with Crippen LogP contribution in [0.15, 0.2) is 0 Å². The first-order chi connectivity index (χ1) is 5.45. The van der Waals surface area contributed by atoms with E-state index in [2.05, 4.69) is 9.47 Å². The summed E-state index contributed by atoms with van der Waals surface area (Å²) in [6.07, 6.45) is -0.719. The Kier molecular flexibility index (Phi) is 4.66. The van der Waals surface area contributed by atoms with Crippen molar-refractivity contribution in [3.63, 3.8) is 0 Å². The molecule has 0 amide bonds. The van der Waals surface area contributed by atoms with E-state index in [1.165, 1.54) is 7.11 Å². The maximum atomic E-state index is 10.4. The fraction of sp³-hybridized carbons (Fsp3) is 0.875. The third-order valence-corrected chi connectivity index (χ3v) is 0.962. The minimum absolute atomic E-state index is 0.0516. The van der Waals surface area contributed by atoms with Crippen LogP contribution in [-0.2, 0) is 14.2 Å². The number of carbonyl (C=O) groups excluding carboxylic acids is 1. The Labute approximate surface area is 72.8 Å². The minimum Gasteiger partial charge on any atom is -0.438 e. The van der Waals surface area contributed by atoms with Crippen molar-refractivity contribution in [1.29, 1.82) is 0 Å². The molecule has 4 heteroatoms. The van der Waals surface area contributed by atoms with E-state index < -0.39 is 6.16 Å². The molecule has 0 unspecified atom stereocenters. The van der Waals surface area contributed by atoms with Gasteiger partial charge in [0, 0.05) is 0 Å². The molecule has 0 aromatic heterocycles. The first-order valence-electron chi connectivity index (χ1n) is 3.74. The molecule has 4 nitrogen and oxygen atoms in total. The summed E-state index contributed by atoms with van der Waals surface area (Å²) in [6.45, 7) is 6.59. The van der Waals surface area contributed by atoms with Gasteiger partial charge in [-0.3, -0.25) is 0 Å². The van der Waals surface area contributed by atoms with Crippen LogP contribution in [0.2, 0.25) is 0 Å². The molecule has 0 heterocycles. The molecule has 0 spiro atoms. The van der Waals surface area contributed by atoms with E-state index in [4.69, 9.17) is 4.74 Å². The summed E-state index contributed by atoms with van der Waals surface area (Å²) in [5, 5.41) is 0. The molecular weight excluding hydrogens is 160 g/mol. The fourth-order valence-corrected chi connectivity index (χ4v) is 0.497. The fourth-order valence-electron chi connectivity index (χ4n) is 0.497. The van der Waals surface area contributed by atoms with E-state index in [9.17, 15) is 4.79 Å². The summed E-state index contributed by atoms with van der Waals surface area (Å²) in [4.78, 5) is 10.4. The lowest BCUT2D eigenvalue weighted by Gasteiger charge is -2.17. The summed E-state index contributed by atoms with van der Waals surface area (Å²) in [5.74, 6) is 0. The Morgan fingerprint density at radius 1 is 1.33 bits per heavy atom. The van der Waals surface area contributed by atoms with Gasteiger partial charge in [0.15, 0.2) is 6.79 Å². The number of carbonyl (C=O) groups is 1. The largest absolute Gasteiger partial charge is 0.510 e. The zero-order valence-corrected chi connectivity index (χ0v) is 8.05. The quantitative estimate of drug-likeness (QED) is 0.373. The van der Waals surface area contributed by atoms with Gasteiger partial charge in [0.05, 0.1) is 13.7 Å². The van der Waals surface area contributed by atoms with E-state index in [1.807, 2.05) is 20.8 Å². The van der Waals surface area contributed by atoms with Crippen LogP contribution in [0.4, 0.5) is 4.79 Å². The van der Waals surface area contributed by atoms with Gasteiger partial charge >= 0.3 is 6.16 Å². The van der Waals surface area contributed by atoms with Gasteiger partial charge in [-0.2, -0.15) is 0 Å². The van der Waals surface area contributed by atoms with Gasteiger partial charge in [0.25, 0.3) is 0 Å². The van der Waals surface area contributed by atoms with Crippen molar-refractivity contribution in [2.75, 3.05) is 20.5 Å². The first kappa shape index (κ1) is 11.2. The van der Waals surface area contributed by atoms with Crippen molar-refractivity contribution in [3.8, 4) is 0 Å². The average molecular weight is 176 g/mol. The van der Waals surface area contributed by atoms with Crippen LogP contribution < -0.4 is 0 Å². The molecule has 12 heavy (non-hydrogen) atoms. The highest BCUT2D eigenvalue weighted by molar-refractivity contribution is 5.59. The molecule has 0 aliphatic carbocycles. The molecule has 0 atom stereocenters. The van der Waals surface area contributed by atoms with E-state index in [0.29, 0.717) is 6.61 Å². The van der Waals surface area contributed by atoms with E-state index >= 15 is 0 Å². The van der Waals surface area contributed by atoms with Gasteiger partial charge in [-0.15, -0.1) is 0 Å². The zero-order chi connectivity index (χ0) is 9.61. The number of hydrogen-bond acceptors (Lipinski definition) is 4. The zero-order valence-electron chi connectivity index (χ0n) is 8.05. The second-order valence-corrected chi connectivity index (χ2v) is 3.63. The van der Waals surface area contributed by atoms with Gasteiger partial charge in [-0.05, 0) is 5.41 Å². The molecule has 0 fully saturated rings. The summed E-state index contributed by atoms with van der Waals surface area (Å²) in [6, 6.07) is 0. The van der Waals surface area contributed by atoms with Gasteiger partial charge in [0.1, 0.15) is 0 Å². The van der Waals surface area contributed by atoms with Crippen LogP contribution in [0.1, 0.15) is 20.8 Å². The third-order valence-electron chi connectivity index (χ3n) is 0.962. The maximum Gasteiger partial charge on any atom is 0.510 e. The van der Waals surface area contributed by atoms with Crippen LogP contribution in [0.5, 0.6) is 0 Å². The first-order valence-corrected chi connectivity index (χ1v) is 3.74. The predicted molar refractivity (Wildman–Crippen MR) is 43.8 cm³/mol. The van der Waals surface area contributed by atoms with E-state index in [-0.39, 0.29) is 12.2 Å². The summed E-state index contributed by atoms with van der Waals surface area (Å²) < 4.78 is 13.8. The van der Waals surface area contributed by atoms with Crippen molar-refractivity contribution in [3.05, 3.63) is 0 Å². The molecule has 0 radical (unpaired) electrons. The Bertz CT molecular complexity index is 136. The smallest absolute Gasteiger partial charge is 0.438 e. The predicted octanol–water partition coefficient (Wildman–Crippen LogP) is 1.79. The lowest BCUT2D eigenvalue weighted by molar-refractivity contribution is -0.0588. The highest BCUT2D eigenvalue weighted by atomic mass is 16.8. The molecule has 72 valence electrons. The highest BCUT2D eigenvalue weighted by Gasteiger charge is 2.10. The van der Waals surface area contributed by atoms with Gasteiger partial charge < -0.3 is 14.2 Å². The molecular formula is C8H16O4. The molecule has 0 N–H and O–H groups in total. The average Bonchev–Trinajstić information content (AvgIpc) is 1.96. The van der Waals surface area contributed by atoms with Crippen LogP contribution in [-0.4, -0.2) is 26.7 Å². The van der Waals surface area contributed by atoms with Gasteiger partial charge in [-0.1, -0.05) is 20.8 Å². The summed E-state index contributed by atoms with van der Waals surface area (Å²) in [5.41, 5.74) is 0.0828. The minimum atomic E-state index is -0.719. The monoisotopic (exact) mass is 176 g/mol. The number of hydrogen-bond donors (Lipinski definition) is 0. The van der Waals surface area contributed by atoms with Crippen LogP contribution in [0, 0.1) is 5.41 Å². The normalized spacial score (nSPS) is 11.0. The summed E-state index contributed by atoms with van der Waals surface area (Å²) in [7, 11) is 1.26. The van der Waals surface area contributed by atoms with Crippen molar-refractivity contribution in [1.82, 2.24) is 0 Å². The third kappa shape index (κ3) is 7.34. The van der Waals surface area contributed by atoms with Crippen LogP contribution >= 0.6 is 0 Å². The Balaban J connectivity index is 3.28. The van der Waals surface area contributed by atoms with Crippen molar-refractivity contribution >= 4 is 6.16 Å². The Morgan fingerprint density at radius 3 is 2.33 bits per heavy atom. The summed E-state index contributed by atoms with van der Waals surface area (Å²) >= 11 is 0. The van der Waals surface area contributed by atoms with E-state index in [0.717, 1.165) is 0 Å². The topological polar surface area (TPSA) is 44.8 Å². The van der Waals surface area contributed by atoms with Gasteiger partial charge in [0.2, 0.25) is 0 Å². The second kappa shape index (κ2) is 4.98. The molecule has 0 aliphatic heterocycles. The van der Waals surface area contributed by atoms with Crippen LogP contribution in [0.3, 0.4) is 0 Å². The number of methoxy groups -OCH3 is 1. The molecule has 0 rings (SSSR count). The van der Waals surface area contributed by atoms with Crippen LogP contribution in [0.25, 0.3) is 0 Å². The molecule has 0 saturated heterocycles. The Morgan fingerprint density at radius 2 is 1.92 bits per heavy atom. The second-order valence-electron chi connectivity index (χ2n) is 3.63. The maximum absolute atomic E-state index is 10.4. The van der Waals surface area contributed by atoms with Crippen molar-refractivity contribution in [2.45, 2.75) is 20.8 Å². The number of ether oxygens (including phenoxy) is 3. The molecule has 0 aromatic rings. The van der Waals surface area contributed by atoms with Gasteiger partial charge in [-0.25, -0.2) is 4.79 Å². The molecule has 0 aromatic carbocycles. The highest BCUT2D eigenvalue weighted by Crippen LogP contribution is 2.12. The van der Waals surface area contributed by atoms with Crippen molar-refractivity contribution in [2.24, 2.45) is 5.41 Å². The molecule has 0 aliphatic rings. The SMILES string of the molecule is COC(=O)OCOCC(C)(C)C. The number of rotatable bonds is 3.